The van der Waals surface area contributed by atoms with Gasteiger partial charge in [-0.15, -0.1) is 0 Å². The molecule has 3 aromatic rings. The first-order chi connectivity index (χ1) is 13.2. The molecule has 6 heteroatoms. The number of ether oxygens (including phenoxy) is 2. The number of carbonyl (C=O) groups excluding carboxylic acids is 2. The Balaban J connectivity index is 1.38. The summed E-state index contributed by atoms with van der Waals surface area (Å²) in [5.41, 5.74) is 7.70. The number of hydrogen-bond donors (Lipinski definition) is 2. The summed E-state index contributed by atoms with van der Waals surface area (Å²) in [6.45, 7) is 0.135. The molecule has 0 bridgehead atoms. The van der Waals surface area contributed by atoms with E-state index in [-0.39, 0.29) is 6.79 Å². The Labute approximate surface area is 155 Å². The molecule has 0 aromatic heterocycles. The van der Waals surface area contributed by atoms with E-state index >= 15 is 0 Å². The fraction of sp³-hybridized carbons (Fsp3) is 0.0476. The smallest absolute Gasteiger partial charge is 0.269 e. The molecule has 134 valence electrons. The summed E-state index contributed by atoms with van der Waals surface area (Å²) in [6.07, 6.45) is 0. The van der Waals surface area contributed by atoms with E-state index in [1.165, 1.54) is 0 Å². The molecule has 2 N–H and O–H groups in total. The first kappa shape index (κ1) is 16.7. The summed E-state index contributed by atoms with van der Waals surface area (Å²) >= 11 is 0. The van der Waals surface area contributed by atoms with Gasteiger partial charge in [0.15, 0.2) is 11.5 Å². The standard InChI is InChI=1S/C21H16N2O4/c24-20(16-8-6-15(7-9-16)14-4-2-1-3-5-14)22-23-21(25)17-10-11-18-19(12-17)27-13-26-18/h1-12H,13H2,(H,22,24)(H,23,25). The van der Waals surface area contributed by atoms with E-state index in [2.05, 4.69) is 10.9 Å². The van der Waals surface area contributed by atoms with Gasteiger partial charge < -0.3 is 9.47 Å². The van der Waals surface area contributed by atoms with Crippen molar-refractivity contribution in [3.8, 4) is 22.6 Å². The third-order valence-electron chi connectivity index (χ3n) is 4.18. The molecule has 3 aromatic carbocycles. The van der Waals surface area contributed by atoms with Crippen LogP contribution in [-0.4, -0.2) is 18.6 Å². The second-order valence-corrected chi connectivity index (χ2v) is 5.92. The second-order valence-electron chi connectivity index (χ2n) is 5.92. The number of amides is 2. The first-order valence-electron chi connectivity index (χ1n) is 8.36. The fourth-order valence-corrected chi connectivity index (χ4v) is 2.74. The van der Waals surface area contributed by atoms with Crippen molar-refractivity contribution in [1.29, 1.82) is 0 Å². The van der Waals surface area contributed by atoms with Gasteiger partial charge in [0.25, 0.3) is 11.8 Å². The highest BCUT2D eigenvalue weighted by atomic mass is 16.7. The summed E-state index contributed by atoms with van der Waals surface area (Å²) in [7, 11) is 0. The molecular formula is C21H16N2O4. The lowest BCUT2D eigenvalue weighted by Crippen LogP contribution is -2.41. The van der Waals surface area contributed by atoms with Gasteiger partial charge in [-0.1, -0.05) is 42.5 Å². The molecule has 0 saturated heterocycles. The van der Waals surface area contributed by atoms with E-state index in [9.17, 15) is 9.59 Å². The molecular weight excluding hydrogens is 344 g/mol. The van der Waals surface area contributed by atoms with E-state index in [0.29, 0.717) is 22.6 Å². The number of hydrogen-bond acceptors (Lipinski definition) is 4. The molecule has 6 nitrogen and oxygen atoms in total. The Bertz CT molecular complexity index is 985. The van der Waals surface area contributed by atoms with Gasteiger partial charge in [0.2, 0.25) is 6.79 Å². The lowest BCUT2D eigenvalue weighted by molar-refractivity contribution is 0.0846. The Kier molecular flexibility index (Phi) is 4.45. The molecule has 1 heterocycles. The van der Waals surface area contributed by atoms with Crippen LogP contribution in [0.2, 0.25) is 0 Å². The van der Waals surface area contributed by atoms with Crippen molar-refractivity contribution in [1.82, 2.24) is 10.9 Å². The predicted octanol–water partition coefficient (Wildman–Crippen LogP) is 3.16. The highest BCUT2D eigenvalue weighted by molar-refractivity contribution is 5.99. The van der Waals surface area contributed by atoms with Gasteiger partial charge >= 0.3 is 0 Å². The Morgan fingerprint density at radius 3 is 2.00 bits per heavy atom. The van der Waals surface area contributed by atoms with Crippen LogP contribution in [0.1, 0.15) is 20.7 Å². The largest absolute Gasteiger partial charge is 0.454 e. The van der Waals surface area contributed by atoms with Crippen LogP contribution < -0.4 is 20.3 Å². The topological polar surface area (TPSA) is 76.7 Å². The number of fused-ring (bicyclic) bond motifs is 1. The maximum absolute atomic E-state index is 12.2. The highest BCUT2D eigenvalue weighted by Crippen LogP contribution is 2.32. The SMILES string of the molecule is O=C(NNC(=O)c1ccc2c(c1)OCO2)c1ccc(-c2ccccc2)cc1. The normalized spacial score (nSPS) is 11.7. The molecule has 0 fully saturated rings. The van der Waals surface area contributed by atoms with Gasteiger partial charge in [0.1, 0.15) is 0 Å². The molecule has 1 aliphatic rings. The maximum atomic E-state index is 12.2. The van der Waals surface area contributed by atoms with Crippen LogP contribution in [0.3, 0.4) is 0 Å². The van der Waals surface area contributed by atoms with Crippen molar-refractivity contribution in [2.45, 2.75) is 0 Å². The minimum atomic E-state index is -0.442. The van der Waals surface area contributed by atoms with Gasteiger partial charge in [0, 0.05) is 11.1 Å². The van der Waals surface area contributed by atoms with E-state index in [1.807, 2.05) is 42.5 Å². The number of hydrazine groups is 1. The van der Waals surface area contributed by atoms with Gasteiger partial charge in [-0.25, -0.2) is 0 Å². The third-order valence-corrected chi connectivity index (χ3v) is 4.18. The number of rotatable bonds is 3. The van der Waals surface area contributed by atoms with E-state index < -0.39 is 11.8 Å². The molecule has 0 unspecified atom stereocenters. The average Bonchev–Trinajstić information content (AvgIpc) is 3.20. The second kappa shape index (κ2) is 7.21. The molecule has 1 aliphatic heterocycles. The predicted molar refractivity (Wildman–Crippen MR) is 99.4 cm³/mol. The van der Waals surface area contributed by atoms with Crippen LogP contribution in [-0.2, 0) is 0 Å². The number of nitrogens with one attached hydrogen (secondary N) is 2. The zero-order valence-electron chi connectivity index (χ0n) is 14.3. The molecule has 0 atom stereocenters. The first-order valence-corrected chi connectivity index (χ1v) is 8.36. The maximum Gasteiger partial charge on any atom is 0.269 e. The highest BCUT2D eigenvalue weighted by Gasteiger charge is 2.16. The average molecular weight is 360 g/mol. The summed E-state index contributed by atoms with van der Waals surface area (Å²) in [5, 5.41) is 0. The van der Waals surface area contributed by atoms with E-state index in [0.717, 1.165) is 11.1 Å². The van der Waals surface area contributed by atoms with Crippen LogP contribution in [0.15, 0.2) is 72.8 Å². The summed E-state index contributed by atoms with van der Waals surface area (Å²) < 4.78 is 10.4. The van der Waals surface area contributed by atoms with Gasteiger partial charge in [-0.3, -0.25) is 20.4 Å². The minimum absolute atomic E-state index is 0.135. The molecule has 0 radical (unpaired) electrons. The van der Waals surface area contributed by atoms with Crippen molar-refractivity contribution in [3.63, 3.8) is 0 Å². The van der Waals surface area contributed by atoms with E-state index in [4.69, 9.17) is 9.47 Å². The van der Waals surface area contributed by atoms with Gasteiger partial charge in [-0.05, 0) is 41.5 Å². The van der Waals surface area contributed by atoms with Crippen LogP contribution in [0.4, 0.5) is 0 Å². The molecule has 0 spiro atoms. The fourth-order valence-electron chi connectivity index (χ4n) is 2.74. The van der Waals surface area contributed by atoms with Crippen LogP contribution >= 0.6 is 0 Å². The lowest BCUT2D eigenvalue weighted by atomic mass is 10.0. The Hall–Kier alpha value is -3.80. The number of carbonyl (C=O) groups is 2. The molecule has 27 heavy (non-hydrogen) atoms. The van der Waals surface area contributed by atoms with Crippen molar-refractivity contribution in [3.05, 3.63) is 83.9 Å². The molecule has 4 rings (SSSR count). The van der Waals surface area contributed by atoms with Gasteiger partial charge in [-0.2, -0.15) is 0 Å². The monoisotopic (exact) mass is 360 g/mol. The Morgan fingerprint density at radius 1 is 0.667 bits per heavy atom. The third kappa shape index (κ3) is 3.59. The van der Waals surface area contributed by atoms with Crippen molar-refractivity contribution >= 4 is 11.8 Å². The zero-order chi connectivity index (χ0) is 18.6. The van der Waals surface area contributed by atoms with Crippen molar-refractivity contribution in [2.24, 2.45) is 0 Å². The summed E-state index contributed by atoms with van der Waals surface area (Å²) in [5.74, 6) is 0.255. The van der Waals surface area contributed by atoms with Crippen LogP contribution in [0.5, 0.6) is 11.5 Å². The van der Waals surface area contributed by atoms with Gasteiger partial charge in [0.05, 0.1) is 0 Å². The molecule has 2 amide bonds. The summed E-state index contributed by atoms with van der Waals surface area (Å²) in [4.78, 5) is 24.4. The quantitative estimate of drug-likeness (QED) is 0.704. The summed E-state index contributed by atoms with van der Waals surface area (Å²) in [6, 6.07) is 21.9. The molecule has 0 saturated carbocycles. The van der Waals surface area contributed by atoms with Crippen molar-refractivity contribution in [2.75, 3.05) is 6.79 Å². The van der Waals surface area contributed by atoms with Crippen molar-refractivity contribution < 1.29 is 19.1 Å². The van der Waals surface area contributed by atoms with Crippen LogP contribution in [0.25, 0.3) is 11.1 Å². The molecule has 0 aliphatic carbocycles. The minimum Gasteiger partial charge on any atom is -0.454 e. The zero-order valence-corrected chi connectivity index (χ0v) is 14.3. The van der Waals surface area contributed by atoms with Crippen LogP contribution in [0, 0.1) is 0 Å². The van der Waals surface area contributed by atoms with E-state index in [1.54, 1.807) is 30.3 Å². The number of benzene rings is 3. The Morgan fingerprint density at radius 2 is 1.26 bits per heavy atom. The lowest BCUT2D eigenvalue weighted by Gasteiger charge is -2.09.